The number of sulfonamides is 1. The van der Waals surface area contributed by atoms with Gasteiger partial charge in [0, 0.05) is 11.3 Å². The van der Waals surface area contributed by atoms with Gasteiger partial charge in [-0.3, -0.25) is 4.79 Å². The minimum atomic E-state index is -3.73. The van der Waals surface area contributed by atoms with Crippen molar-refractivity contribution in [1.29, 1.82) is 0 Å². The molecule has 1 aliphatic carbocycles. The molecule has 0 saturated heterocycles. The Morgan fingerprint density at radius 1 is 0.958 bits per heavy atom. The minimum absolute atomic E-state index is 0.0190. The fourth-order valence-electron chi connectivity index (χ4n) is 2.89. The standard InChI is InChI=1S/C18H18N2O3S/c19-24(22,23)15-11-9-14(10-12-15)20-18(21)17-8-4-7-16(17)13-5-2-1-3-6-13/h1-3,5-6,9-12H,4,7-8H2,(H,20,21)(H2,19,22,23). The van der Waals surface area contributed by atoms with Gasteiger partial charge in [-0.2, -0.15) is 0 Å². The molecule has 0 radical (unpaired) electrons. The van der Waals surface area contributed by atoms with E-state index in [9.17, 15) is 13.2 Å². The first-order chi connectivity index (χ1) is 11.4. The number of nitrogens with one attached hydrogen (secondary N) is 1. The van der Waals surface area contributed by atoms with E-state index in [1.54, 1.807) is 0 Å². The summed E-state index contributed by atoms with van der Waals surface area (Å²) in [5.41, 5.74) is 3.48. The third-order valence-electron chi connectivity index (χ3n) is 4.05. The maximum absolute atomic E-state index is 12.6. The summed E-state index contributed by atoms with van der Waals surface area (Å²) in [6.45, 7) is 0. The fraction of sp³-hybridized carbons (Fsp3) is 0.167. The van der Waals surface area contributed by atoms with Gasteiger partial charge in [-0.1, -0.05) is 30.3 Å². The zero-order valence-corrected chi connectivity index (χ0v) is 13.8. The molecule has 1 amide bonds. The highest BCUT2D eigenvalue weighted by molar-refractivity contribution is 7.89. The molecule has 1 aliphatic rings. The molecule has 2 aromatic rings. The maximum Gasteiger partial charge on any atom is 0.251 e. The number of primary sulfonamides is 1. The summed E-state index contributed by atoms with van der Waals surface area (Å²) in [4.78, 5) is 12.6. The molecule has 6 heteroatoms. The normalized spacial score (nSPS) is 14.7. The van der Waals surface area contributed by atoms with Crippen molar-refractivity contribution in [3.8, 4) is 0 Å². The number of carbonyl (C=O) groups excluding carboxylic acids is 1. The third kappa shape index (κ3) is 3.55. The van der Waals surface area contributed by atoms with Crippen molar-refractivity contribution in [1.82, 2.24) is 0 Å². The summed E-state index contributed by atoms with van der Waals surface area (Å²) in [6, 6.07) is 15.7. The second-order valence-corrected chi connectivity index (χ2v) is 7.26. The summed E-state index contributed by atoms with van der Waals surface area (Å²) in [7, 11) is -3.73. The average Bonchev–Trinajstić information content (AvgIpc) is 3.05. The molecule has 24 heavy (non-hydrogen) atoms. The van der Waals surface area contributed by atoms with E-state index in [2.05, 4.69) is 5.32 Å². The minimum Gasteiger partial charge on any atom is -0.322 e. The molecule has 0 unspecified atom stereocenters. The van der Waals surface area contributed by atoms with Crippen LogP contribution >= 0.6 is 0 Å². The molecule has 0 atom stereocenters. The summed E-state index contributed by atoms with van der Waals surface area (Å²) in [5, 5.41) is 7.90. The van der Waals surface area contributed by atoms with Crippen LogP contribution in [-0.4, -0.2) is 14.3 Å². The monoisotopic (exact) mass is 342 g/mol. The van der Waals surface area contributed by atoms with E-state index in [4.69, 9.17) is 5.14 Å². The lowest BCUT2D eigenvalue weighted by Crippen LogP contribution is -2.15. The van der Waals surface area contributed by atoms with Gasteiger partial charge in [0.1, 0.15) is 0 Å². The number of anilines is 1. The number of benzene rings is 2. The fourth-order valence-corrected chi connectivity index (χ4v) is 3.40. The number of carbonyl (C=O) groups is 1. The molecule has 0 heterocycles. The Bertz CT molecular complexity index is 886. The highest BCUT2D eigenvalue weighted by atomic mass is 32.2. The molecule has 0 fully saturated rings. The van der Waals surface area contributed by atoms with E-state index in [0.717, 1.165) is 36.0 Å². The zero-order valence-electron chi connectivity index (χ0n) is 13.0. The van der Waals surface area contributed by atoms with E-state index in [-0.39, 0.29) is 10.8 Å². The van der Waals surface area contributed by atoms with Crippen molar-refractivity contribution in [2.24, 2.45) is 5.14 Å². The first-order valence-electron chi connectivity index (χ1n) is 7.67. The van der Waals surface area contributed by atoms with Crippen LogP contribution in [0.4, 0.5) is 5.69 Å². The van der Waals surface area contributed by atoms with E-state index in [0.29, 0.717) is 5.69 Å². The molecule has 2 aromatic carbocycles. The Kier molecular flexibility index (Phi) is 4.51. The number of amides is 1. The molecule has 3 rings (SSSR count). The molecule has 0 bridgehead atoms. The number of nitrogens with two attached hydrogens (primary N) is 1. The van der Waals surface area contributed by atoms with Gasteiger partial charge in [0.25, 0.3) is 5.91 Å². The van der Waals surface area contributed by atoms with Gasteiger partial charge < -0.3 is 5.32 Å². The third-order valence-corrected chi connectivity index (χ3v) is 4.98. The molecule has 0 spiro atoms. The SMILES string of the molecule is NS(=O)(=O)c1ccc(NC(=O)C2=C(c3ccccc3)CCC2)cc1. The van der Waals surface area contributed by atoms with Gasteiger partial charge in [0.2, 0.25) is 10.0 Å². The highest BCUT2D eigenvalue weighted by Crippen LogP contribution is 2.34. The van der Waals surface area contributed by atoms with E-state index >= 15 is 0 Å². The summed E-state index contributed by atoms with van der Waals surface area (Å²) < 4.78 is 22.5. The van der Waals surface area contributed by atoms with Gasteiger partial charge in [0.15, 0.2) is 0 Å². The quantitative estimate of drug-likeness (QED) is 0.895. The molecule has 0 saturated carbocycles. The summed E-state index contributed by atoms with van der Waals surface area (Å²) in [5.74, 6) is -0.144. The van der Waals surface area contributed by atoms with E-state index < -0.39 is 10.0 Å². The Morgan fingerprint density at radius 3 is 2.25 bits per heavy atom. The number of hydrogen-bond acceptors (Lipinski definition) is 3. The predicted octanol–water partition coefficient (Wildman–Crippen LogP) is 2.91. The molecule has 0 aromatic heterocycles. The van der Waals surface area contributed by atoms with Gasteiger partial charge in [0.05, 0.1) is 4.90 Å². The molecule has 3 N–H and O–H groups in total. The van der Waals surface area contributed by atoms with Crippen LogP contribution in [0.2, 0.25) is 0 Å². The van der Waals surface area contributed by atoms with Crippen molar-refractivity contribution in [3.63, 3.8) is 0 Å². The van der Waals surface area contributed by atoms with Crippen LogP contribution in [0.3, 0.4) is 0 Å². The van der Waals surface area contributed by atoms with Crippen LogP contribution in [0.25, 0.3) is 5.57 Å². The van der Waals surface area contributed by atoms with Crippen molar-refractivity contribution in [3.05, 3.63) is 65.7 Å². The van der Waals surface area contributed by atoms with Crippen molar-refractivity contribution in [2.75, 3.05) is 5.32 Å². The predicted molar refractivity (Wildman–Crippen MR) is 93.7 cm³/mol. The molecule has 0 aliphatic heterocycles. The Balaban J connectivity index is 1.82. The molecule has 5 nitrogen and oxygen atoms in total. The average molecular weight is 342 g/mol. The lowest BCUT2D eigenvalue weighted by Gasteiger charge is -2.09. The lowest BCUT2D eigenvalue weighted by atomic mass is 10.0. The zero-order chi connectivity index (χ0) is 17.2. The maximum atomic E-state index is 12.6. The summed E-state index contributed by atoms with van der Waals surface area (Å²) in [6.07, 6.45) is 2.58. The number of rotatable bonds is 4. The largest absolute Gasteiger partial charge is 0.322 e. The molecular weight excluding hydrogens is 324 g/mol. The molecule has 124 valence electrons. The van der Waals surface area contributed by atoms with Crippen molar-refractivity contribution < 1.29 is 13.2 Å². The van der Waals surface area contributed by atoms with E-state index in [1.165, 1.54) is 24.3 Å². The second-order valence-electron chi connectivity index (χ2n) is 5.70. The first kappa shape index (κ1) is 16.4. The van der Waals surface area contributed by atoms with Gasteiger partial charge in [-0.05, 0) is 54.7 Å². The van der Waals surface area contributed by atoms with E-state index in [1.807, 2.05) is 30.3 Å². The van der Waals surface area contributed by atoms with Crippen LogP contribution < -0.4 is 10.5 Å². The van der Waals surface area contributed by atoms with Crippen LogP contribution in [-0.2, 0) is 14.8 Å². The highest BCUT2D eigenvalue weighted by Gasteiger charge is 2.22. The Morgan fingerprint density at radius 2 is 1.62 bits per heavy atom. The summed E-state index contributed by atoms with van der Waals surface area (Å²) >= 11 is 0. The second kappa shape index (κ2) is 6.59. The molecular formula is C18H18N2O3S. The van der Waals surface area contributed by atoms with Crippen LogP contribution in [0.15, 0.2) is 65.1 Å². The van der Waals surface area contributed by atoms with Crippen molar-refractivity contribution in [2.45, 2.75) is 24.2 Å². The topological polar surface area (TPSA) is 89.3 Å². The van der Waals surface area contributed by atoms with Crippen LogP contribution in [0.1, 0.15) is 24.8 Å². The Labute approximate surface area is 141 Å². The lowest BCUT2D eigenvalue weighted by molar-refractivity contribution is -0.112. The first-order valence-corrected chi connectivity index (χ1v) is 9.21. The van der Waals surface area contributed by atoms with Crippen LogP contribution in [0.5, 0.6) is 0 Å². The van der Waals surface area contributed by atoms with Gasteiger partial charge in [-0.15, -0.1) is 0 Å². The van der Waals surface area contributed by atoms with Gasteiger partial charge >= 0.3 is 0 Å². The van der Waals surface area contributed by atoms with Gasteiger partial charge in [-0.25, -0.2) is 13.6 Å². The smallest absolute Gasteiger partial charge is 0.251 e. The Hall–Kier alpha value is -2.44. The number of allylic oxidation sites excluding steroid dienone is 1. The number of hydrogen-bond donors (Lipinski definition) is 2. The van der Waals surface area contributed by atoms with Crippen molar-refractivity contribution >= 4 is 27.2 Å². The van der Waals surface area contributed by atoms with Crippen LogP contribution in [0, 0.1) is 0 Å².